The van der Waals surface area contributed by atoms with E-state index in [0.29, 0.717) is 5.69 Å². The van der Waals surface area contributed by atoms with Gasteiger partial charge in [-0.1, -0.05) is 17.7 Å². The fraction of sp³-hybridized carbons (Fsp3) is 0.0714. The van der Waals surface area contributed by atoms with E-state index in [2.05, 4.69) is 10.6 Å². The lowest BCUT2D eigenvalue weighted by atomic mass is 10.2. The van der Waals surface area contributed by atoms with Gasteiger partial charge in [0.1, 0.15) is 11.6 Å². The van der Waals surface area contributed by atoms with E-state index in [-0.39, 0.29) is 15.8 Å². The number of thiocarbonyl (C=S) groups is 1. The molecular weight excluding hydrogens is 302 g/mol. The van der Waals surface area contributed by atoms with Crippen LogP contribution in [0.15, 0.2) is 36.4 Å². The van der Waals surface area contributed by atoms with Crippen molar-refractivity contribution in [2.75, 3.05) is 10.6 Å². The molecule has 0 radical (unpaired) electrons. The van der Waals surface area contributed by atoms with Crippen LogP contribution < -0.4 is 10.6 Å². The molecule has 0 unspecified atom stereocenters. The predicted molar refractivity (Wildman–Crippen MR) is 82.4 cm³/mol. The molecule has 104 valence electrons. The van der Waals surface area contributed by atoms with Gasteiger partial charge in [-0.05, 0) is 55.0 Å². The SMILES string of the molecule is Cc1ccc(NC(=S)Nc2ccc(F)c(Cl)c2)c(F)c1. The third-order valence-electron chi connectivity index (χ3n) is 2.55. The summed E-state index contributed by atoms with van der Waals surface area (Å²) in [6.45, 7) is 1.80. The molecule has 2 rings (SSSR count). The number of rotatable bonds is 2. The van der Waals surface area contributed by atoms with Crippen LogP contribution in [0.5, 0.6) is 0 Å². The monoisotopic (exact) mass is 312 g/mol. The molecule has 0 atom stereocenters. The Kier molecular flexibility index (Phi) is 4.52. The first-order chi connectivity index (χ1) is 9.45. The van der Waals surface area contributed by atoms with E-state index in [1.807, 2.05) is 0 Å². The predicted octanol–water partition coefficient (Wildman–Crippen LogP) is 4.74. The zero-order chi connectivity index (χ0) is 14.7. The lowest BCUT2D eigenvalue weighted by Gasteiger charge is -2.12. The number of anilines is 2. The maximum absolute atomic E-state index is 13.6. The molecule has 2 nitrogen and oxygen atoms in total. The molecule has 0 fully saturated rings. The summed E-state index contributed by atoms with van der Waals surface area (Å²) in [5.74, 6) is -0.910. The largest absolute Gasteiger partial charge is 0.332 e. The Morgan fingerprint density at radius 3 is 2.45 bits per heavy atom. The van der Waals surface area contributed by atoms with Gasteiger partial charge in [0.15, 0.2) is 5.11 Å². The van der Waals surface area contributed by atoms with Gasteiger partial charge in [-0.25, -0.2) is 8.78 Å². The molecule has 20 heavy (non-hydrogen) atoms. The number of aryl methyl sites for hydroxylation is 1. The first-order valence-corrected chi connectivity index (χ1v) is 6.53. The number of hydrogen-bond donors (Lipinski definition) is 2. The molecule has 2 aromatic carbocycles. The molecule has 2 aromatic rings. The van der Waals surface area contributed by atoms with Crippen molar-refractivity contribution in [3.8, 4) is 0 Å². The van der Waals surface area contributed by atoms with E-state index in [1.54, 1.807) is 19.1 Å². The van der Waals surface area contributed by atoms with Gasteiger partial charge in [0.2, 0.25) is 0 Å². The molecule has 0 spiro atoms. The van der Waals surface area contributed by atoms with Crippen molar-refractivity contribution >= 4 is 40.3 Å². The summed E-state index contributed by atoms with van der Waals surface area (Å²) in [6.07, 6.45) is 0. The summed E-state index contributed by atoms with van der Waals surface area (Å²) in [5, 5.41) is 5.71. The average Bonchev–Trinajstić information content (AvgIpc) is 2.37. The lowest BCUT2D eigenvalue weighted by Crippen LogP contribution is -2.19. The molecule has 0 saturated heterocycles. The van der Waals surface area contributed by atoms with Gasteiger partial charge < -0.3 is 10.6 Å². The van der Waals surface area contributed by atoms with Gasteiger partial charge in [-0.3, -0.25) is 0 Å². The van der Waals surface area contributed by atoms with Crippen LogP contribution in [0, 0.1) is 18.6 Å². The maximum atomic E-state index is 13.6. The van der Waals surface area contributed by atoms with E-state index in [4.69, 9.17) is 23.8 Å². The summed E-state index contributed by atoms with van der Waals surface area (Å²) in [6, 6.07) is 8.87. The molecule has 0 aliphatic carbocycles. The van der Waals surface area contributed by atoms with Gasteiger partial charge in [0.25, 0.3) is 0 Å². The smallest absolute Gasteiger partial charge is 0.175 e. The standard InChI is InChI=1S/C14H11ClF2N2S/c1-8-2-5-13(12(17)6-8)19-14(20)18-9-3-4-11(16)10(15)7-9/h2-7H,1H3,(H2,18,19,20). The van der Waals surface area contributed by atoms with Crippen LogP contribution in [0.25, 0.3) is 0 Å². The molecule has 0 heterocycles. The van der Waals surface area contributed by atoms with Crippen molar-refractivity contribution < 1.29 is 8.78 Å². The Hall–Kier alpha value is -1.72. The lowest BCUT2D eigenvalue weighted by molar-refractivity contribution is 0.628. The highest BCUT2D eigenvalue weighted by Gasteiger charge is 2.06. The van der Waals surface area contributed by atoms with Crippen molar-refractivity contribution in [2.24, 2.45) is 0 Å². The van der Waals surface area contributed by atoms with Crippen LogP contribution in [0.2, 0.25) is 5.02 Å². The van der Waals surface area contributed by atoms with Crippen LogP contribution in [0.3, 0.4) is 0 Å². The second-order valence-corrected chi connectivity index (χ2v) is 5.01. The summed E-state index contributed by atoms with van der Waals surface area (Å²) >= 11 is 10.7. The summed E-state index contributed by atoms with van der Waals surface area (Å²) in [7, 11) is 0. The van der Waals surface area contributed by atoms with Crippen molar-refractivity contribution in [1.29, 1.82) is 0 Å². The van der Waals surface area contributed by atoms with Gasteiger partial charge in [0, 0.05) is 5.69 Å². The average molecular weight is 313 g/mol. The Labute approximate surface area is 125 Å². The number of nitrogens with one attached hydrogen (secondary N) is 2. The number of hydrogen-bond acceptors (Lipinski definition) is 1. The Bertz CT molecular complexity index is 662. The van der Waals surface area contributed by atoms with Crippen molar-refractivity contribution in [2.45, 2.75) is 6.92 Å². The zero-order valence-electron chi connectivity index (χ0n) is 10.5. The van der Waals surface area contributed by atoms with Gasteiger partial charge >= 0.3 is 0 Å². The molecule has 0 bridgehead atoms. The Morgan fingerprint density at radius 2 is 1.80 bits per heavy atom. The van der Waals surface area contributed by atoms with E-state index in [0.717, 1.165) is 5.56 Å². The molecule has 0 saturated carbocycles. The summed E-state index contributed by atoms with van der Waals surface area (Å²) in [5.41, 5.74) is 1.60. The second kappa shape index (κ2) is 6.15. The molecule has 0 aliphatic rings. The highest BCUT2D eigenvalue weighted by atomic mass is 35.5. The third-order valence-corrected chi connectivity index (χ3v) is 3.04. The minimum Gasteiger partial charge on any atom is -0.332 e. The van der Waals surface area contributed by atoms with Crippen LogP contribution >= 0.6 is 23.8 Å². The minimum absolute atomic E-state index is 0.0145. The zero-order valence-corrected chi connectivity index (χ0v) is 12.1. The molecule has 0 amide bonds. The topological polar surface area (TPSA) is 24.1 Å². The molecule has 0 aliphatic heterocycles. The fourth-order valence-corrected chi connectivity index (χ4v) is 1.99. The molecule has 0 aromatic heterocycles. The van der Waals surface area contributed by atoms with Gasteiger partial charge in [-0.2, -0.15) is 0 Å². The fourth-order valence-electron chi connectivity index (χ4n) is 1.58. The first-order valence-electron chi connectivity index (χ1n) is 5.75. The van der Waals surface area contributed by atoms with E-state index >= 15 is 0 Å². The normalized spacial score (nSPS) is 10.2. The number of benzene rings is 2. The maximum Gasteiger partial charge on any atom is 0.175 e. The third kappa shape index (κ3) is 3.65. The summed E-state index contributed by atoms with van der Waals surface area (Å²) in [4.78, 5) is 0. The first kappa shape index (κ1) is 14.7. The van der Waals surface area contributed by atoms with Gasteiger partial charge in [-0.15, -0.1) is 0 Å². The second-order valence-electron chi connectivity index (χ2n) is 4.19. The minimum atomic E-state index is -0.513. The van der Waals surface area contributed by atoms with E-state index < -0.39 is 11.6 Å². The van der Waals surface area contributed by atoms with Crippen molar-refractivity contribution in [3.63, 3.8) is 0 Å². The van der Waals surface area contributed by atoms with E-state index in [1.165, 1.54) is 24.3 Å². The Morgan fingerprint density at radius 1 is 1.05 bits per heavy atom. The highest BCUT2D eigenvalue weighted by Crippen LogP contribution is 2.20. The van der Waals surface area contributed by atoms with Crippen LogP contribution in [-0.2, 0) is 0 Å². The van der Waals surface area contributed by atoms with Crippen molar-refractivity contribution in [3.05, 3.63) is 58.6 Å². The van der Waals surface area contributed by atoms with Gasteiger partial charge in [0.05, 0.1) is 10.7 Å². The van der Waals surface area contributed by atoms with E-state index in [9.17, 15) is 8.78 Å². The Balaban J connectivity index is 2.07. The van der Waals surface area contributed by atoms with Crippen LogP contribution in [0.4, 0.5) is 20.2 Å². The molecular formula is C14H11ClF2N2S. The quantitative estimate of drug-likeness (QED) is 0.784. The summed E-state index contributed by atoms with van der Waals surface area (Å²) < 4.78 is 26.7. The molecule has 2 N–H and O–H groups in total. The van der Waals surface area contributed by atoms with Crippen LogP contribution in [-0.4, -0.2) is 5.11 Å². The molecule has 6 heteroatoms. The van der Waals surface area contributed by atoms with Crippen LogP contribution in [0.1, 0.15) is 5.56 Å². The number of halogens is 3. The van der Waals surface area contributed by atoms with Crippen molar-refractivity contribution in [1.82, 2.24) is 0 Å². The highest BCUT2D eigenvalue weighted by molar-refractivity contribution is 7.80.